The molecule has 0 aliphatic heterocycles. The van der Waals surface area contributed by atoms with Crippen LogP contribution in [0.2, 0.25) is 0 Å². The molecule has 0 aromatic rings. The molecule has 0 bridgehead atoms. The fourth-order valence-corrected chi connectivity index (χ4v) is 1.53. The van der Waals surface area contributed by atoms with Crippen molar-refractivity contribution in [1.29, 1.82) is 0 Å². The van der Waals surface area contributed by atoms with Gasteiger partial charge in [-0.25, -0.2) is 0 Å². The zero-order valence-electron chi connectivity index (χ0n) is 8.46. The van der Waals surface area contributed by atoms with E-state index in [4.69, 9.17) is 9.79 Å². The molecule has 0 aliphatic rings. The maximum absolute atomic E-state index is 12.1. The van der Waals surface area contributed by atoms with Gasteiger partial charge in [-0.1, -0.05) is 0 Å². The first-order valence-electron chi connectivity index (χ1n) is 4.92. The van der Waals surface area contributed by atoms with Crippen molar-refractivity contribution in [1.82, 2.24) is 0 Å². The SMILES string of the molecule is CCCCCCCCOP(O)(O)(F)F. The van der Waals surface area contributed by atoms with Crippen molar-refractivity contribution in [2.24, 2.45) is 0 Å². The number of unbranched alkanes of at least 4 members (excludes halogenated alkanes) is 5. The van der Waals surface area contributed by atoms with E-state index >= 15 is 0 Å². The normalized spacial score (nSPS) is 15.1. The molecule has 6 heteroatoms. The van der Waals surface area contributed by atoms with Crippen LogP contribution in [0.5, 0.6) is 0 Å². The standard InChI is InChI=1S/C8H19F2O3P/c1-2-3-4-5-6-7-8-13-14(9,10,11)12/h11-12H,2-8H2,1H3. The summed E-state index contributed by atoms with van der Waals surface area (Å²) in [6, 6.07) is 0. The van der Waals surface area contributed by atoms with Crippen molar-refractivity contribution >= 4 is 7.91 Å². The van der Waals surface area contributed by atoms with E-state index in [1.165, 1.54) is 0 Å². The van der Waals surface area contributed by atoms with Crippen LogP contribution in [-0.2, 0) is 4.52 Å². The van der Waals surface area contributed by atoms with E-state index in [0.717, 1.165) is 32.1 Å². The summed E-state index contributed by atoms with van der Waals surface area (Å²) in [6.45, 7) is 1.81. The first-order valence-corrected chi connectivity index (χ1v) is 6.76. The van der Waals surface area contributed by atoms with Crippen LogP contribution >= 0.6 is 7.91 Å². The number of hydrogen-bond acceptors (Lipinski definition) is 3. The maximum atomic E-state index is 12.1. The molecule has 3 nitrogen and oxygen atoms in total. The van der Waals surface area contributed by atoms with Crippen molar-refractivity contribution in [2.45, 2.75) is 45.4 Å². The molecule has 0 heterocycles. The van der Waals surface area contributed by atoms with Gasteiger partial charge in [0.15, 0.2) is 0 Å². The molecule has 0 aromatic heterocycles. The van der Waals surface area contributed by atoms with Gasteiger partial charge in [0.2, 0.25) is 0 Å². The average molecular weight is 232 g/mol. The summed E-state index contributed by atoms with van der Waals surface area (Å²) in [6.07, 6.45) is 5.57. The molecule has 0 saturated carbocycles. The Kier molecular flexibility index (Phi) is 5.98. The molecule has 14 heavy (non-hydrogen) atoms. The third-order valence-corrected chi connectivity index (χ3v) is 2.41. The van der Waals surface area contributed by atoms with Crippen LogP contribution in [0.25, 0.3) is 0 Å². The average Bonchev–Trinajstić information content (AvgIpc) is 2.00. The second-order valence-electron chi connectivity index (χ2n) is 3.36. The Bertz CT molecular complexity index is 149. The Hall–Kier alpha value is 0.170. The minimum absolute atomic E-state index is 0.288. The van der Waals surface area contributed by atoms with E-state index in [1.807, 2.05) is 0 Å². The molecule has 0 aromatic carbocycles. The van der Waals surface area contributed by atoms with Crippen molar-refractivity contribution in [3.63, 3.8) is 0 Å². The molecule has 0 saturated heterocycles. The molecule has 0 fully saturated rings. The Morgan fingerprint density at radius 1 is 1.00 bits per heavy atom. The first-order chi connectivity index (χ1) is 6.31. The molecule has 0 atom stereocenters. The van der Waals surface area contributed by atoms with Gasteiger partial charge < -0.3 is 0 Å². The number of hydrogen-bond donors (Lipinski definition) is 2. The van der Waals surface area contributed by atoms with Gasteiger partial charge in [0.05, 0.1) is 0 Å². The van der Waals surface area contributed by atoms with Crippen LogP contribution in [0, 0.1) is 0 Å². The van der Waals surface area contributed by atoms with E-state index < -0.39 is 7.91 Å². The van der Waals surface area contributed by atoms with Gasteiger partial charge in [0.1, 0.15) is 0 Å². The summed E-state index contributed by atoms with van der Waals surface area (Å²) in [7, 11) is -6.69. The summed E-state index contributed by atoms with van der Waals surface area (Å²) in [5.74, 6) is 0. The molecule has 0 aliphatic carbocycles. The van der Waals surface area contributed by atoms with Gasteiger partial charge >= 0.3 is 82.7 Å². The topological polar surface area (TPSA) is 49.7 Å². The van der Waals surface area contributed by atoms with Gasteiger partial charge in [-0.2, -0.15) is 0 Å². The van der Waals surface area contributed by atoms with Gasteiger partial charge in [-0.3, -0.25) is 0 Å². The van der Waals surface area contributed by atoms with Crippen molar-refractivity contribution < 1.29 is 22.7 Å². The van der Waals surface area contributed by atoms with Crippen molar-refractivity contribution in [3.8, 4) is 0 Å². The van der Waals surface area contributed by atoms with Crippen LogP contribution in [0.15, 0.2) is 0 Å². The van der Waals surface area contributed by atoms with E-state index in [9.17, 15) is 8.39 Å². The van der Waals surface area contributed by atoms with Gasteiger partial charge in [-0.05, 0) is 0 Å². The molecule has 0 unspecified atom stereocenters. The third kappa shape index (κ3) is 12.2. The van der Waals surface area contributed by atoms with E-state index in [2.05, 4.69) is 11.4 Å². The molecule has 88 valence electrons. The van der Waals surface area contributed by atoms with Gasteiger partial charge in [-0.15, -0.1) is 0 Å². The van der Waals surface area contributed by atoms with Crippen LogP contribution in [0.3, 0.4) is 0 Å². The Morgan fingerprint density at radius 3 is 2.00 bits per heavy atom. The fourth-order valence-electron chi connectivity index (χ4n) is 1.10. The minimum atomic E-state index is -6.69. The number of rotatable bonds is 8. The van der Waals surface area contributed by atoms with E-state index in [-0.39, 0.29) is 6.61 Å². The Labute approximate surface area is 83.5 Å². The fraction of sp³-hybridized carbons (Fsp3) is 1.00. The molecular weight excluding hydrogens is 213 g/mol. The van der Waals surface area contributed by atoms with Crippen LogP contribution in [-0.4, -0.2) is 16.4 Å². The zero-order chi connectivity index (χ0) is 11.1. The van der Waals surface area contributed by atoms with E-state index in [1.54, 1.807) is 0 Å². The van der Waals surface area contributed by atoms with Crippen LogP contribution < -0.4 is 0 Å². The Balaban J connectivity index is 3.23. The number of halogens is 2. The van der Waals surface area contributed by atoms with Crippen LogP contribution in [0.1, 0.15) is 45.4 Å². The summed E-state index contributed by atoms with van der Waals surface area (Å²) in [5, 5.41) is 0. The first kappa shape index (κ1) is 14.2. The monoisotopic (exact) mass is 232 g/mol. The summed E-state index contributed by atoms with van der Waals surface area (Å²) in [4.78, 5) is 16.1. The predicted octanol–water partition coefficient (Wildman–Crippen LogP) is 3.42. The van der Waals surface area contributed by atoms with Crippen molar-refractivity contribution in [3.05, 3.63) is 0 Å². The second kappa shape index (κ2) is 5.91. The summed E-state index contributed by atoms with van der Waals surface area (Å²) < 4.78 is 27.9. The molecular formula is C8H19F2O3P. The summed E-state index contributed by atoms with van der Waals surface area (Å²) >= 11 is 0. The molecule has 0 rings (SSSR count). The van der Waals surface area contributed by atoms with Gasteiger partial charge in [0.25, 0.3) is 0 Å². The molecule has 2 N–H and O–H groups in total. The second-order valence-corrected chi connectivity index (χ2v) is 5.13. The predicted molar refractivity (Wildman–Crippen MR) is 52.9 cm³/mol. The Morgan fingerprint density at radius 2 is 1.50 bits per heavy atom. The molecule has 0 spiro atoms. The zero-order valence-corrected chi connectivity index (χ0v) is 9.35. The van der Waals surface area contributed by atoms with Gasteiger partial charge in [0, 0.05) is 0 Å². The third-order valence-electron chi connectivity index (χ3n) is 1.80. The molecule has 0 radical (unpaired) electrons. The quantitative estimate of drug-likeness (QED) is 0.498. The van der Waals surface area contributed by atoms with Crippen LogP contribution in [0.4, 0.5) is 8.39 Å². The van der Waals surface area contributed by atoms with E-state index in [0.29, 0.717) is 6.42 Å². The summed E-state index contributed by atoms with van der Waals surface area (Å²) in [5.41, 5.74) is 0. The van der Waals surface area contributed by atoms with Crippen molar-refractivity contribution in [2.75, 3.05) is 6.61 Å². The molecule has 0 amide bonds.